The SMILES string of the molecule is CCOc1ccc(NC(=O)CN(C)Cn2nc3c(Cl)cc(Cl)cn3c2=S)cc1OCC. The molecule has 1 amide bonds. The van der Waals surface area contributed by atoms with Gasteiger partial charge < -0.3 is 14.8 Å². The third-order valence-corrected chi connectivity index (χ3v) is 5.11. The molecule has 0 atom stereocenters. The number of hydrogen-bond donors (Lipinski definition) is 1. The van der Waals surface area contributed by atoms with E-state index in [-0.39, 0.29) is 12.5 Å². The average molecular weight is 484 g/mol. The van der Waals surface area contributed by atoms with Gasteiger partial charge in [0.05, 0.1) is 36.5 Å². The van der Waals surface area contributed by atoms with Crippen LogP contribution >= 0.6 is 35.4 Å². The minimum Gasteiger partial charge on any atom is -0.490 e. The molecule has 0 aliphatic carbocycles. The maximum absolute atomic E-state index is 12.5. The minimum atomic E-state index is -0.189. The molecule has 2 heterocycles. The van der Waals surface area contributed by atoms with Crippen LogP contribution in [0.2, 0.25) is 10.0 Å². The number of carbonyl (C=O) groups excluding carboxylic acids is 1. The summed E-state index contributed by atoms with van der Waals surface area (Å²) in [5.41, 5.74) is 1.13. The van der Waals surface area contributed by atoms with Gasteiger partial charge in [0, 0.05) is 18.0 Å². The van der Waals surface area contributed by atoms with Crippen molar-refractivity contribution < 1.29 is 14.3 Å². The van der Waals surface area contributed by atoms with Gasteiger partial charge in [0.1, 0.15) is 0 Å². The molecule has 1 N–H and O–H groups in total. The van der Waals surface area contributed by atoms with Crippen LogP contribution in [0.25, 0.3) is 5.65 Å². The van der Waals surface area contributed by atoms with Crippen LogP contribution in [0.1, 0.15) is 13.8 Å². The highest BCUT2D eigenvalue weighted by atomic mass is 35.5. The van der Waals surface area contributed by atoms with Crippen LogP contribution in [-0.2, 0) is 11.5 Å². The first-order valence-electron chi connectivity index (χ1n) is 9.64. The molecule has 1 aromatic carbocycles. The summed E-state index contributed by atoms with van der Waals surface area (Å²) in [6.07, 6.45) is 1.66. The molecule has 0 saturated carbocycles. The van der Waals surface area contributed by atoms with Gasteiger partial charge in [-0.25, -0.2) is 4.68 Å². The van der Waals surface area contributed by atoms with E-state index in [0.29, 0.717) is 57.5 Å². The van der Waals surface area contributed by atoms with Gasteiger partial charge in [-0.05, 0) is 51.3 Å². The Morgan fingerprint density at radius 2 is 1.90 bits per heavy atom. The Balaban J connectivity index is 1.67. The molecule has 11 heteroatoms. The lowest BCUT2D eigenvalue weighted by Crippen LogP contribution is -2.32. The highest BCUT2D eigenvalue weighted by molar-refractivity contribution is 7.71. The fourth-order valence-electron chi connectivity index (χ4n) is 2.99. The lowest BCUT2D eigenvalue weighted by molar-refractivity contribution is -0.117. The van der Waals surface area contributed by atoms with Crippen molar-refractivity contribution in [1.82, 2.24) is 19.1 Å². The third kappa shape index (κ3) is 5.68. The second kappa shape index (κ2) is 10.3. The number of amides is 1. The Hall–Kier alpha value is -2.33. The summed E-state index contributed by atoms with van der Waals surface area (Å²) in [4.78, 5) is 14.3. The van der Waals surface area contributed by atoms with Crippen LogP contribution in [0.15, 0.2) is 30.5 Å². The molecular weight excluding hydrogens is 461 g/mol. The Morgan fingerprint density at radius 1 is 1.19 bits per heavy atom. The second-order valence-corrected chi connectivity index (χ2v) is 7.92. The van der Waals surface area contributed by atoms with Crippen molar-refractivity contribution in [3.63, 3.8) is 0 Å². The maximum Gasteiger partial charge on any atom is 0.238 e. The van der Waals surface area contributed by atoms with Crippen molar-refractivity contribution in [1.29, 1.82) is 0 Å². The summed E-state index contributed by atoms with van der Waals surface area (Å²) < 4.78 is 14.8. The number of nitrogens with one attached hydrogen (secondary N) is 1. The highest BCUT2D eigenvalue weighted by Gasteiger charge is 2.14. The summed E-state index contributed by atoms with van der Waals surface area (Å²) in [6, 6.07) is 6.90. The van der Waals surface area contributed by atoms with Gasteiger partial charge in [0.15, 0.2) is 17.1 Å². The first-order chi connectivity index (χ1) is 14.8. The van der Waals surface area contributed by atoms with Crippen LogP contribution in [0.4, 0.5) is 5.69 Å². The van der Waals surface area contributed by atoms with E-state index >= 15 is 0 Å². The smallest absolute Gasteiger partial charge is 0.238 e. The summed E-state index contributed by atoms with van der Waals surface area (Å²) >= 11 is 17.7. The molecule has 31 heavy (non-hydrogen) atoms. The largest absolute Gasteiger partial charge is 0.490 e. The van der Waals surface area contributed by atoms with E-state index in [1.165, 1.54) is 0 Å². The molecule has 0 fully saturated rings. The molecule has 0 aliphatic heterocycles. The average Bonchev–Trinajstić information content (AvgIpc) is 3.00. The zero-order valence-electron chi connectivity index (χ0n) is 17.4. The van der Waals surface area contributed by atoms with Gasteiger partial charge in [-0.15, -0.1) is 5.10 Å². The normalized spacial score (nSPS) is 11.2. The second-order valence-electron chi connectivity index (χ2n) is 6.71. The van der Waals surface area contributed by atoms with Crippen LogP contribution in [0, 0.1) is 4.77 Å². The van der Waals surface area contributed by atoms with Crippen LogP contribution in [-0.4, -0.2) is 51.8 Å². The number of halogens is 2. The maximum atomic E-state index is 12.5. The van der Waals surface area contributed by atoms with Crippen molar-refractivity contribution in [2.75, 3.05) is 32.1 Å². The molecule has 2 aromatic heterocycles. The van der Waals surface area contributed by atoms with Gasteiger partial charge in [0.2, 0.25) is 10.7 Å². The van der Waals surface area contributed by atoms with Crippen LogP contribution < -0.4 is 14.8 Å². The molecule has 3 rings (SSSR count). The molecule has 0 saturated heterocycles. The lowest BCUT2D eigenvalue weighted by Gasteiger charge is -2.17. The van der Waals surface area contributed by atoms with E-state index in [4.69, 9.17) is 44.9 Å². The number of carbonyl (C=O) groups is 1. The molecule has 0 spiro atoms. The van der Waals surface area contributed by atoms with Gasteiger partial charge in [-0.2, -0.15) is 0 Å². The number of fused-ring (bicyclic) bond motifs is 1. The van der Waals surface area contributed by atoms with Crippen molar-refractivity contribution in [3.8, 4) is 11.5 Å². The van der Waals surface area contributed by atoms with Crippen molar-refractivity contribution >= 4 is 52.7 Å². The molecule has 166 valence electrons. The van der Waals surface area contributed by atoms with Gasteiger partial charge >= 0.3 is 0 Å². The van der Waals surface area contributed by atoms with E-state index in [1.54, 1.807) is 51.5 Å². The fraction of sp³-hybridized carbons (Fsp3) is 0.350. The number of ether oxygens (including phenoxy) is 2. The Kier molecular flexibility index (Phi) is 7.77. The zero-order valence-corrected chi connectivity index (χ0v) is 19.7. The van der Waals surface area contributed by atoms with Gasteiger partial charge in [-0.1, -0.05) is 23.2 Å². The predicted octanol–water partition coefficient (Wildman–Crippen LogP) is 4.50. The lowest BCUT2D eigenvalue weighted by atomic mass is 10.2. The molecule has 8 nitrogen and oxygen atoms in total. The quantitative estimate of drug-likeness (QED) is 0.451. The van der Waals surface area contributed by atoms with Crippen LogP contribution in [0.3, 0.4) is 0 Å². The van der Waals surface area contributed by atoms with E-state index in [9.17, 15) is 4.79 Å². The Morgan fingerprint density at radius 3 is 2.61 bits per heavy atom. The predicted molar refractivity (Wildman–Crippen MR) is 124 cm³/mol. The molecule has 0 unspecified atom stereocenters. The number of aromatic nitrogens is 3. The zero-order chi connectivity index (χ0) is 22.5. The highest BCUT2D eigenvalue weighted by Crippen LogP contribution is 2.30. The van der Waals surface area contributed by atoms with E-state index in [0.717, 1.165) is 0 Å². The van der Waals surface area contributed by atoms with Gasteiger partial charge in [0.25, 0.3) is 0 Å². The standard InChI is InChI=1S/C20H23Cl2N5O3S/c1-4-29-16-7-6-14(9-17(16)30-5-2)23-18(28)11-25(3)12-27-20(31)26-10-13(21)8-15(22)19(26)24-27/h6-10H,4-5,11-12H2,1-3H3,(H,23,28). The van der Waals surface area contributed by atoms with Crippen molar-refractivity contribution in [2.24, 2.45) is 0 Å². The summed E-state index contributed by atoms with van der Waals surface area (Å²) in [7, 11) is 1.80. The summed E-state index contributed by atoms with van der Waals surface area (Å²) in [5, 5.41) is 8.16. The van der Waals surface area contributed by atoms with Gasteiger partial charge in [-0.3, -0.25) is 14.1 Å². The number of pyridine rings is 1. The summed E-state index contributed by atoms with van der Waals surface area (Å²) in [5.74, 6) is 1.03. The molecule has 0 aliphatic rings. The molecule has 3 aromatic rings. The fourth-order valence-corrected chi connectivity index (χ4v) is 3.74. The monoisotopic (exact) mass is 483 g/mol. The Labute approximate surface area is 195 Å². The van der Waals surface area contributed by atoms with Crippen molar-refractivity contribution in [3.05, 3.63) is 45.3 Å². The first-order valence-corrected chi connectivity index (χ1v) is 10.8. The third-order valence-electron chi connectivity index (χ3n) is 4.22. The minimum absolute atomic E-state index is 0.126. The van der Waals surface area contributed by atoms with E-state index in [1.807, 2.05) is 13.8 Å². The van der Waals surface area contributed by atoms with E-state index in [2.05, 4.69) is 10.4 Å². The number of benzene rings is 1. The molecule has 0 bridgehead atoms. The Bertz CT molecular complexity index is 1150. The van der Waals surface area contributed by atoms with Crippen LogP contribution in [0.5, 0.6) is 11.5 Å². The number of hydrogen-bond acceptors (Lipinski definition) is 6. The number of likely N-dealkylation sites (N-methyl/N-ethyl adjacent to an activating group) is 1. The first kappa shape index (κ1) is 23.3. The van der Waals surface area contributed by atoms with Crippen molar-refractivity contribution in [2.45, 2.75) is 20.5 Å². The van der Waals surface area contributed by atoms with E-state index < -0.39 is 0 Å². The topological polar surface area (TPSA) is 73.0 Å². The molecular formula is C20H23Cl2N5O3S. The number of nitrogens with zero attached hydrogens (tertiary/aromatic N) is 4. The number of anilines is 1. The number of rotatable bonds is 9. The summed E-state index contributed by atoms with van der Waals surface area (Å²) in [6.45, 7) is 5.24. The molecule has 0 radical (unpaired) electrons.